The molecule has 230 valence electrons. The van der Waals surface area contributed by atoms with Crippen molar-refractivity contribution in [2.75, 3.05) is 17.7 Å². The highest BCUT2D eigenvalue weighted by atomic mass is 35.5. The largest absolute Gasteiger partial charge is 0.497 e. The minimum Gasteiger partial charge on any atom is -0.497 e. The second-order valence-corrected chi connectivity index (χ2v) is 11.6. The Kier molecular flexibility index (Phi) is 10.9. The lowest BCUT2D eigenvalue weighted by Gasteiger charge is -2.18. The molecule has 0 aliphatic carbocycles. The van der Waals surface area contributed by atoms with Gasteiger partial charge in [0.05, 0.1) is 17.8 Å². The second-order valence-electron chi connectivity index (χ2n) is 10.0. The number of methoxy groups -OCH3 is 1. The number of nitrogens with one attached hydrogen (secondary N) is 3. The van der Waals surface area contributed by atoms with E-state index in [1.807, 2.05) is 42.5 Å². The van der Waals surface area contributed by atoms with Gasteiger partial charge in [-0.05, 0) is 71.8 Å². The van der Waals surface area contributed by atoms with Crippen LogP contribution in [-0.4, -0.2) is 24.8 Å². The Labute approximate surface area is 276 Å². The van der Waals surface area contributed by atoms with Gasteiger partial charge in [0.15, 0.2) is 0 Å². The molecule has 0 aliphatic rings. The minimum absolute atomic E-state index is 0.0430. The number of hydrogen-bond donors (Lipinski definition) is 3. The predicted molar refractivity (Wildman–Crippen MR) is 185 cm³/mol. The van der Waals surface area contributed by atoms with Crippen molar-refractivity contribution < 1.29 is 19.1 Å². The fraction of sp³-hybridized carbons (Fsp3) is 0.0541. The van der Waals surface area contributed by atoms with Crippen LogP contribution in [0.25, 0.3) is 6.08 Å². The first kappa shape index (κ1) is 32.1. The molecule has 1 atom stereocenters. The van der Waals surface area contributed by atoms with Gasteiger partial charge in [0.1, 0.15) is 16.7 Å². The molecule has 5 aromatic carbocycles. The summed E-state index contributed by atoms with van der Waals surface area (Å²) in [7, 11) is 1.56. The quantitative estimate of drug-likeness (QED) is 0.0991. The number of ether oxygens (including phenoxy) is 1. The Bertz CT molecular complexity index is 1870. The summed E-state index contributed by atoms with van der Waals surface area (Å²) >= 11 is 7.64. The summed E-state index contributed by atoms with van der Waals surface area (Å²) < 4.78 is 5.32. The Hall–Kier alpha value is -5.31. The molecule has 46 heavy (non-hydrogen) atoms. The van der Waals surface area contributed by atoms with Crippen molar-refractivity contribution in [3.63, 3.8) is 0 Å². The standard InChI is InChI=1S/C37H30ClN3O4S/c1-45-29-18-10-12-25(22-29)23-33(41-35(42)27-15-6-3-7-16-27)36(43)39-28-17-11-19-30(24-28)46-34(26-13-4-2-5-14-26)37(44)40-32-21-9-8-20-31(32)38/h2-24,34H,1H3,(H,39,43)(H,40,44)(H,41,42)/b33-23-. The summed E-state index contributed by atoms with van der Waals surface area (Å²) in [6, 6.07) is 39.5. The number of para-hydroxylation sites is 1. The van der Waals surface area contributed by atoms with E-state index in [9.17, 15) is 14.4 Å². The summed E-state index contributed by atoms with van der Waals surface area (Å²) in [4.78, 5) is 41.0. The first-order valence-electron chi connectivity index (χ1n) is 14.3. The molecule has 0 saturated carbocycles. The van der Waals surface area contributed by atoms with Gasteiger partial charge in [0.2, 0.25) is 5.91 Å². The fourth-order valence-electron chi connectivity index (χ4n) is 4.48. The van der Waals surface area contributed by atoms with E-state index in [0.717, 1.165) is 10.5 Å². The summed E-state index contributed by atoms with van der Waals surface area (Å²) in [5.74, 6) is -0.584. The molecule has 0 radical (unpaired) electrons. The Morgan fingerprint density at radius 1 is 0.761 bits per heavy atom. The van der Waals surface area contributed by atoms with Gasteiger partial charge in [-0.3, -0.25) is 14.4 Å². The van der Waals surface area contributed by atoms with Gasteiger partial charge in [0, 0.05) is 16.1 Å². The molecule has 0 aliphatic heterocycles. The number of anilines is 2. The Balaban J connectivity index is 1.39. The lowest BCUT2D eigenvalue weighted by atomic mass is 10.1. The van der Waals surface area contributed by atoms with Gasteiger partial charge < -0.3 is 20.7 Å². The molecule has 7 nitrogen and oxygen atoms in total. The third kappa shape index (κ3) is 8.65. The number of halogens is 1. The van der Waals surface area contributed by atoms with Gasteiger partial charge in [-0.25, -0.2) is 0 Å². The third-order valence-corrected chi connectivity index (χ3v) is 8.33. The summed E-state index contributed by atoms with van der Waals surface area (Å²) in [6.45, 7) is 0. The molecular formula is C37H30ClN3O4S. The minimum atomic E-state index is -0.614. The van der Waals surface area contributed by atoms with Crippen molar-refractivity contribution in [3.8, 4) is 5.75 Å². The number of benzene rings is 5. The Morgan fingerprint density at radius 2 is 1.46 bits per heavy atom. The first-order valence-corrected chi connectivity index (χ1v) is 15.6. The molecule has 1 unspecified atom stereocenters. The van der Waals surface area contributed by atoms with Crippen molar-refractivity contribution in [2.24, 2.45) is 0 Å². The monoisotopic (exact) mass is 647 g/mol. The maximum absolute atomic E-state index is 13.6. The highest BCUT2D eigenvalue weighted by Crippen LogP contribution is 2.37. The van der Waals surface area contributed by atoms with Crippen LogP contribution in [0.3, 0.4) is 0 Å². The summed E-state index contributed by atoms with van der Waals surface area (Å²) in [6.07, 6.45) is 1.59. The Morgan fingerprint density at radius 3 is 2.20 bits per heavy atom. The maximum atomic E-state index is 13.6. The average Bonchev–Trinajstić information content (AvgIpc) is 3.09. The van der Waals surface area contributed by atoms with Crippen LogP contribution in [0, 0.1) is 0 Å². The summed E-state index contributed by atoms with van der Waals surface area (Å²) in [5.41, 5.74) is 2.92. The molecular weight excluding hydrogens is 618 g/mol. The smallest absolute Gasteiger partial charge is 0.272 e. The van der Waals surface area contributed by atoms with E-state index in [1.54, 1.807) is 104 Å². The van der Waals surface area contributed by atoms with Crippen LogP contribution in [0.15, 0.2) is 144 Å². The number of hydrogen-bond acceptors (Lipinski definition) is 5. The van der Waals surface area contributed by atoms with Crippen LogP contribution in [0.1, 0.15) is 26.7 Å². The summed E-state index contributed by atoms with van der Waals surface area (Å²) in [5, 5.41) is 8.41. The SMILES string of the molecule is COc1cccc(/C=C(\NC(=O)c2ccccc2)C(=O)Nc2cccc(SC(C(=O)Nc3ccccc3Cl)c3ccccc3)c2)c1. The van der Waals surface area contributed by atoms with Crippen molar-refractivity contribution >= 4 is 58.5 Å². The van der Waals surface area contributed by atoms with Crippen LogP contribution in [-0.2, 0) is 9.59 Å². The van der Waals surface area contributed by atoms with Crippen LogP contribution >= 0.6 is 23.4 Å². The van der Waals surface area contributed by atoms with Gasteiger partial charge >= 0.3 is 0 Å². The van der Waals surface area contributed by atoms with E-state index in [-0.39, 0.29) is 11.6 Å². The van der Waals surface area contributed by atoms with Gasteiger partial charge in [-0.1, -0.05) is 90.5 Å². The number of carbonyl (C=O) groups is 3. The van der Waals surface area contributed by atoms with Crippen LogP contribution in [0.4, 0.5) is 11.4 Å². The molecule has 0 heterocycles. The van der Waals surface area contributed by atoms with E-state index in [4.69, 9.17) is 16.3 Å². The molecule has 5 rings (SSSR count). The lowest BCUT2D eigenvalue weighted by molar-refractivity contribution is -0.116. The zero-order valence-corrected chi connectivity index (χ0v) is 26.3. The zero-order valence-electron chi connectivity index (χ0n) is 24.8. The van der Waals surface area contributed by atoms with Crippen LogP contribution in [0.2, 0.25) is 5.02 Å². The maximum Gasteiger partial charge on any atom is 0.272 e. The highest BCUT2D eigenvalue weighted by Gasteiger charge is 2.23. The van der Waals surface area contributed by atoms with Crippen molar-refractivity contribution in [1.29, 1.82) is 0 Å². The third-order valence-electron chi connectivity index (χ3n) is 6.75. The molecule has 5 aromatic rings. The van der Waals surface area contributed by atoms with Crippen LogP contribution in [0.5, 0.6) is 5.75 Å². The van der Waals surface area contributed by atoms with Crippen LogP contribution < -0.4 is 20.7 Å². The lowest BCUT2D eigenvalue weighted by Crippen LogP contribution is -2.30. The van der Waals surface area contributed by atoms with E-state index in [0.29, 0.717) is 33.3 Å². The van der Waals surface area contributed by atoms with E-state index in [2.05, 4.69) is 16.0 Å². The average molecular weight is 648 g/mol. The van der Waals surface area contributed by atoms with E-state index in [1.165, 1.54) is 11.8 Å². The molecule has 0 fully saturated rings. The van der Waals surface area contributed by atoms with Gasteiger partial charge in [0.25, 0.3) is 11.8 Å². The van der Waals surface area contributed by atoms with Crippen molar-refractivity contribution in [3.05, 3.63) is 161 Å². The fourth-order valence-corrected chi connectivity index (χ4v) is 5.75. The number of amides is 3. The second kappa shape index (κ2) is 15.6. The predicted octanol–water partition coefficient (Wildman–Crippen LogP) is 8.23. The molecule has 3 amide bonds. The number of carbonyl (C=O) groups excluding carboxylic acids is 3. The van der Waals surface area contributed by atoms with E-state index < -0.39 is 17.1 Å². The number of rotatable bonds is 11. The van der Waals surface area contributed by atoms with E-state index >= 15 is 0 Å². The molecule has 0 saturated heterocycles. The zero-order chi connectivity index (χ0) is 32.3. The molecule has 9 heteroatoms. The van der Waals surface area contributed by atoms with Gasteiger partial charge in [-0.2, -0.15) is 0 Å². The molecule has 0 aromatic heterocycles. The van der Waals surface area contributed by atoms with Crippen molar-refractivity contribution in [1.82, 2.24) is 5.32 Å². The highest BCUT2D eigenvalue weighted by molar-refractivity contribution is 8.00. The topological polar surface area (TPSA) is 96.5 Å². The van der Waals surface area contributed by atoms with Gasteiger partial charge in [-0.15, -0.1) is 11.8 Å². The van der Waals surface area contributed by atoms with Crippen molar-refractivity contribution in [2.45, 2.75) is 10.1 Å². The molecule has 0 spiro atoms. The first-order chi connectivity index (χ1) is 22.4. The normalized spacial score (nSPS) is 11.7. The molecule has 0 bridgehead atoms. The molecule has 3 N–H and O–H groups in total. The number of thioether (sulfide) groups is 1.